The van der Waals surface area contributed by atoms with Gasteiger partial charge in [-0.25, -0.2) is 9.78 Å². The summed E-state index contributed by atoms with van der Waals surface area (Å²) in [6, 6.07) is 0.219. The Hall–Kier alpha value is -1.14. The van der Waals surface area contributed by atoms with E-state index in [1.165, 1.54) is 18.4 Å². The zero-order valence-corrected chi connectivity index (χ0v) is 12.3. The van der Waals surface area contributed by atoms with Gasteiger partial charge in [-0.1, -0.05) is 11.3 Å². The Morgan fingerprint density at radius 2 is 2.17 bits per heavy atom. The molecule has 0 radical (unpaired) electrons. The SMILES string of the molecule is CCN(c1nc(C)c(C(=O)OC)s1)C(C)COC. The molecule has 102 valence electrons. The molecule has 5 nitrogen and oxygen atoms in total. The van der Waals surface area contributed by atoms with Crippen LogP contribution in [-0.4, -0.2) is 44.4 Å². The third-order valence-corrected chi connectivity index (χ3v) is 3.86. The highest BCUT2D eigenvalue weighted by atomic mass is 32.1. The van der Waals surface area contributed by atoms with Crippen molar-refractivity contribution in [3.05, 3.63) is 10.6 Å². The first-order valence-corrected chi connectivity index (χ1v) is 6.68. The number of rotatable bonds is 6. The molecule has 0 aromatic carbocycles. The van der Waals surface area contributed by atoms with Gasteiger partial charge in [-0.3, -0.25) is 0 Å². The summed E-state index contributed by atoms with van der Waals surface area (Å²) in [5, 5.41) is 0.833. The van der Waals surface area contributed by atoms with Crippen molar-refractivity contribution < 1.29 is 14.3 Å². The number of ether oxygens (including phenoxy) is 2. The van der Waals surface area contributed by atoms with Gasteiger partial charge < -0.3 is 14.4 Å². The van der Waals surface area contributed by atoms with Crippen molar-refractivity contribution in [1.29, 1.82) is 0 Å². The first kappa shape index (κ1) is 14.9. The van der Waals surface area contributed by atoms with Gasteiger partial charge in [0.25, 0.3) is 0 Å². The lowest BCUT2D eigenvalue weighted by Crippen LogP contribution is -2.36. The van der Waals surface area contributed by atoms with Crippen LogP contribution in [0.3, 0.4) is 0 Å². The second-order valence-electron chi connectivity index (χ2n) is 3.99. The summed E-state index contributed by atoms with van der Waals surface area (Å²) >= 11 is 1.36. The first-order chi connectivity index (χ1) is 8.54. The van der Waals surface area contributed by atoms with Gasteiger partial charge in [-0.15, -0.1) is 0 Å². The van der Waals surface area contributed by atoms with Gasteiger partial charge in [0.05, 0.1) is 25.5 Å². The second kappa shape index (κ2) is 6.70. The molecule has 1 rings (SSSR count). The van der Waals surface area contributed by atoms with Gasteiger partial charge in [0.15, 0.2) is 5.13 Å². The monoisotopic (exact) mass is 272 g/mol. The fourth-order valence-corrected chi connectivity index (χ4v) is 2.91. The maximum Gasteiger partial charge on any atom is 0.350 e. The minimum Gasteiger partial charge on any atom is -0.465 e. The number of thiazole rings is 1. The van der Waals surface area contributed by atoms with Crippen LogP contribution in [0, 0.1) is 6.92 Å². The lowest BCUT2D eigenvalue weighted by molar-refractivity contribution is 0.0605. The van der Waals surface area contributed by atoms with Gasteiger partial charge in [-0.2, -0.15) is 0 Å². The Labute approximate surface area is 112 Å². The van der Waals surface area contributed by atoms with Crippen molar-refractivity contribution in [3.8, 4) is 0 Å². The summed E-state index contributed by atoms with van der Waals surface area (Å²) < 4.78 is 9.90. The number of aryl methyl sites for hydroxylation is 1. The number of esters is 1. The van der Waals surface area contributed by atoms with Gasteiger partial charge >= 0.3 is 5.97 Å². The van der Waals surface area contributed by atoms with Crippen LogP contribution < -0.4 is 4.90 Å². The fourth-order valence-electron chi connectivity index (χ4n) is 1.75. The van der Waals surface area contributed by atoms with Crippen molar-refractivity contribution in [3.63, 3.8) is 0 Å². The lowest BCUT2D eigenvalue weighted by Gasteiger charge is -2.26. The van der Waals surface area contributed by atoms with Crippen LogP contribution in [0.5, 0.6) is 0 Å². The number of anilines is 1. The van der Waals surface area contributed by atoms with Crippen LogP contribution in [0.1, 0.15) is 29.2 Å². The van der Waals surface area contributed by atoms with E-state index in [9.17, 15) is 4.79 Å². The van der Waals surface area contributed by atoms with Gasteiger partial charge in [0, 0.05) is 13.7 Å². The summed E-state index contributed by atoms with van der Waals surface area (Å²) in [6.45, 7) is 7.39. The van der Waals surface area contributed by atoms with Crippen LogP contribution in [-0.2, 0) is 9.47 Å². The summed E-state index contributed by atoms with van der Waals surface area (Å²) in [7, 11) is 3.06. The molecule has 18 heavy (non-hydrogen) atoms. The summed E-state index contributed by atoms with van der Waals surface area (Å²) in [4.78, 5) is 18.7. The van der Waals surface area contributed by atoms with E-state index in [1.54, 1.807) is 7.11 Å². The van der Waals surface area contributed by atoms with Crippen molar-refractivity contribution in [2.24, 2.45) is 0 Å². The Kier molecular flexibility index (Phi) is 5.55. The standard InChI is InChI=1S/C12H20N2O3S/c1-6-14(8(2)7-16-4)12-13-9(3)10(18-12)11(15)17-5/h8H,6-7H2,1-5H3. The highest BCUT2D eigenvalue weighted by molar-refractivity contribution is 7.17. The Balaban J connectivity index is 2.97. The molecular weight excluding hydrogens is 252 g/mol. The molecule has 1 atom stereocenters. The van der Waals surface area contributed by atoms with E-state index in [1.807, 2.05) is 6.92 Å². The maximum absolute atomic E-state index is 11.6. The lowest BCUT2D eigenvalue weighted by atomic mass is 10.3. The second-order valence-corrected chi connectivity index (χ2v) is 4.97. The van der Waals surface area contributed by atoms with Crippen molar-refractivity contribution in [2.45, 2.75) is 26.8 Å². The molecule has 0 aliphatic rings. The van der Waals surface area contributed by atoms with E-state index in [2.05, 4.69) is 23.7 Å². The minimum absolute atomic E-state index is 0.219. The maximum atomic E-state index is 11.6. The molecule has 0 fully saturated rings. The molecule has 1 heterocycles. The van der Waals surface area contributed by atoms with Crippen LogP contribution in [0.4, 0.5) is 5.13 Å². The Bertz CT molecular complexity index is 406. The topological polar surface area (TPSA) is 51.7 Å². The number of aromatic nitrogens is 1. The summed E-state index contributed by atoms with van der Waals surface area (Å²) in [5.41, 5.74) is 0.713. The molecule has 0 amide bonds. The van der Waals surface area contributed by atoms with Crippen LogP contribution >= 0.6 is 11.3 Å². The van der Waals surface area contributed by atoms with Crippen molar-refractivity contribution in [2.75, 3.05) is 32.3 Å². The average molecular weight is 272 g/mol. The molecular formula is C12H20N2O3S. The molecule has 0 aliphatic carbocycles. The fraction of sp³-hybridized carbons (Fsp3) is 0.667. The van der Waals surface area contributed by atoms with Crippen molar-refractivity contribution >= 4 is 22.4 Å². The Morgan fingerprint density at radius 1 is 1.50 bits per heavy atom. The third-order valence-electron chi connectivity index (χ3n) is 2.68. The minimum atomic E-state index is -0.327. The predicted octanol–water partition coefficient (Wildman–Crippen LogP) is 2.10. The number of hydrogen-bond acceptors (Lipinski definition) is 6. The first-order valence-electron chi connectivity index (χ1n) is 5.86. The van der Waals surface area contributed by atoms with Crippen LogP contribution in [0.2, 0.25) is 0 Å². The molecule has 0 saturated heterocycles. The van der Waals surface area contributed by atoms with Gasteiger partial charge in [0.1, 0.15) is 4.88 Å². The molecule has 0 saturated carbocycles. The summed E-state index contributed by atoms with van der Waals surface area (Å²) in [5.74, 6) is -0.327. The molecule has 1 aromatic heterocycles. The number of likely N-dealkylation sites (N-methyl/N-ethyl adjacent to an activating group) is 1. The smallest absolute Gasteiger partial charge is 0.350 e. The van der Waals surface area contributed by atoms with E-state index in [0.29, 0.717) is 17.2 Å². The Morgan fingerprint density at radius 3 is 2.67 bits per heavy atom. The van der Waals surface area contributed by atoms with E-state index in [0.717, 1.165) is 11.7 Å². The van der Waals surface area contributed by atoms with E-state index in [4.69, 9.17) is 9.47 Å². The zero-order valence-electron chi connectivity index (χ0n) is 11.5. The zero-order chi connectivity index (χ0) is 13.7. The number of nitrogens with zero attached hydrogens (tertiary/aromatic N) is 2. The number of carbonyl (C=O) groups excluding carboxylic acids is 1. The molecule has 0 N–H and O–H groups in total. The summed E-state index contributed by atoms with van der Waals surface area (Å²) in [6.07, 6.45) is 0. The van der Waals surface area contributed by atoms with Crippen molar-refractivity contribution in [1.82, 2.24) is 4.98 Å². The normalized spacial score (nSPS) is 12.3. The quantitative estimate of drug-likeness (QED) is 0.742. The van der Waals surface area contributed by atoms with Crippen LogP contribution in [0.15, 0.2) is 0 Å². The molecule has 0 bridgehead atoms. The highest BCUT2D eigenvalue weighted by Gasteiger charge is 2.21. The number of methoxy groups -OCH3 is 2. The van der Waals surface area contributed by atoms with E-state index < -0.39 is 0 Å². The highest BCUT2D eigenvalue weighted by Crippen LogP contribution is 2.27. The molecule has 0 aliphatic heterocycles. The molecule has 6 heteroatoms. The predicted molar refractivity (Wildman–Crippen MR) is 72.5 cm³/mol. The van der Waals surface area contributed by atoms with Gasteiger partial charge in [-0.05, 0) is 20.8 Å². The number of hydrogen-bond donors (Lipinski definition) is 0. The molecule has 1 unspecified atom stereocenters. The molecule has 1 aromatic rings. The number of carbonyl (C=O) groups is 1. The average Bonchev–Trinajstić information content (AvgIpc) is 2.71. The van der Waals surface area contributed by atoms with Crippen LogP contribution in [0.25, 0.3) is 0 Å². The van der Waals surface area contributed by atoms with E-state index in [-0.39, 0.29) is 12.0 Å². The van der Waals surface area contributed by atoms with Gasteiger partial charge in [0.2, 0.25) is 0 Å². The third kappa shape index (κ3) is 3.20. The van der Waals surface area contributed by atoms with E-state index >= 15 is 0 Å². The largest absolute Gasteiger partial charge is 0.465 e. The molecule has 0 spiro atoms.